The van der Waals surface area contributed by atoms with E-state index in [1.165, 1.54) is 0 Å². The first-order chi connectivity index (χ1) is 16.0. The van der Waals surface area contributed by atoms with E-state index in [0.717, 1.165) is 18.4 Å². The zero-order chi connectivity index (χ0) is 23.0. The largest absolute Gasteiger partial charge is 0.477 e. The molecule has 33 heavy (non-hydrogen) atoms. The number of aryl methyl sites for hydroxylation is 1. The van der Waals surface area contributed by atoms with E-state index in [1.54, 1.807) is 25.4 Å². The average Bonchev–Trinajstić information content (AvgIpc) is 3.45. The van der Waals surface area contributed by atoms with Gasteiger partial charge in [0.05, 0.1) is 18.8 Å². The number of amides is 1. The van der Waals surface area contributed by atoms with Crippen molar-refractivity contribution in [2.24, 2.45) is 5.41 Å². The number of pyridine rings is 2. The maximum absolute atomic E-state index is 13.0. The lowest BCUT2D eigenvalue weighted by atomic mass is 10.1. The van der Waals surface area contributed by atoms with Gasteiger partial charge in [-0.15, -0.1) is 0 Å². The molecule has 2 fully saturated rings. The fourth-order valence-electron chi connectivity index (χ4n) is 4.07. The minimum absolute atomic E-state index is 0.0409. The summed E-state index contributed by atoms with van der Waals surface area (Å²) in [6.45, 7) is 5.54. The van der Waals surface area contributed by atoms with Crippen molar-refractivity contribution < 1.29 is 18.7 Å². The van der Waals surface area contributed by atoms with Gasteiger partial charge in [0.25, 0.3) is 11.9 Å². The summed E-state index contributed by atoms with van der Waals surface area (Å²) >= 11 is 5.93. The Labute approximate surface area is 196 Å². The molecule has 4 heterocycles. The summed E-state index contributed by atoms with van der Waals surface area (Å²) in [5.74, 6) is 0.532. The van der Waals surface area contributed by atoms with Crippen molar-refractivity contribution in [2.75, 3.05) is 51.4 Å². The number of rotatable bonds is 7. The molecule has 1 saturated carbocycles. The molecular weight excluding hydrogens is 446 g/mol. The van der Waals surface area contributed by atoms with Crippen LogP contribution in [0.3, 0.4) is 0 Å². The zero-order valence-corrected chi connectivity index (χ0v) is 19.5. The van der Waals surface area contributed by atoms with Gasteiger partial charge < -0.3 is 23.7 Å². The zero-order valence-electron chi connectivity index (χ0n) is 18.7. The number of methoxy groups -OCH3 is 1. The number of nitrogens with zero attached hydrogens (tertiary/aromatic N) is 5. The number of ether oxygens (including phenoxy) is 2. The van der Waals surface area contributed by atoms with Gasteiger partial charge in [0.15, 0.2) is 5.58 Å². The number of hydrogen-bond acceptors (Lipinski definition) is 8. The number of hydrogen-bond donors (Lipinski definition) is 0. The minimum atomic E-state index is -0.0409. The number of carbonyl (C=O) groups excluding carboxylic acids is 1. The molecule has 5 rings (SSSR count). The summed E-state index contributed by atoms with van der Waals surface area (Å²) < 4.78 is 17.0. The third-order valence-corrected chi connectivity index (χ3v) is 6.46. The highest BCUT2D eigenvalue weighted by Gasteiger charge is 2.43. The Morgan fingerprint density at radius 2 is 1.97 bits per heavy atom. The van der Waals surface area contributed by atoms with Crippen molar-refractivity contribution >= 4 is 34.8 Å². The van der Waals surface area contributed by atoms with Gasteiger partial charge >= 0.3 is 0 Å². The Kier molecular flexibility index (Phi) is 5.84. The highest BCUT2D eigenvalue weighted by molar-refractivity contribution is 6.29. The van der Waals surface area contributed by atoms with Crippen molar-refractivity contribution in [1.29, 1.82) is 0 Å². The summed E-state index contributed by atoms with van der Waals surface area (Å²) in [6.07, 6.45) is 3.82. The van der Waals surface area contributed by atoms with Crippen LogP contribution in [0.15, 0.2) is 28.8 Å². The van der Waals surface area contributed by atoms with Crippen LogP contribution in [0, 0.1) is 12.3 Å². The van der Waals surface area contributed by atoms with Gasteiger partial charge in [0.2, 0.25) is 11.5 Å². The second-order valence-electron chi connectivity index (χ2n) is 8.80. The summed E-state index contributed by atoms with van der Waals surface area (Å²) in [6, 6.07) is 5.77. The fraction of sp³-hybridized carbons (Fsp3) is 0.478. The van der Waals surface area contributed by atoms with E-state index in [1.807, 2.05) is 22.8 Å². The third-order valence-electron chi connectivity index (χ3n) is 6.25. The van der Waals surface area contributed by atoms with Crippen LogP contribution in [0.5, 0.6) is 5.88 Å². The van der Waals surface area contributed by atoms with Crippen molar-refractivity contribution in [3.63, 3.8) is 0 Å². The highest BCUT2D eigenvalue weighted by Crippen LogP contribution is 2.46. The molecule has 0 bridgehead atoms. The van der Waals surface area contributed by atoms with E-state index in [0.29, 0.717) is 73.2 Å². The molecule has 3 aromatic heterocycles. The van der Waals surface area contributed by atoms with Gasteiger partial charge in [-0.2, -0.15) is 4.98 Å². The number of anilines is 1. The molecule has 0 N–H and O–H groups in total. The average molecular weight is 472 g/mol. The Hall–Kier alpha value is -2.91. The number of piperazine rings is 1. The van der Waals surface area contributed by atoms with E-state index in [9.17, 15) is 4.79 Å². The molecule has 1 aliphatic heterocycles. The molecule has 1 saturated heterocycles. The van der Waals surface area contributed by atoms with E-state index in [4.69, 9.17) is 25.5 Å². The van der Waals surface area contributed by atoms with Crippen molar-refractivity contribution in [2.45, 2.75) is 19.8 Å². The van der Waals surface area contributed by atoms with Crippen molar-refractivity contribution in [3.8, 4) is 5.88 Å². The second kappa shape index (κ2) is 8.79. The first-order valence-electron chi connectivity index (χ1n) is 11.0. The van der Waals surface area contributed by atoms with Gasteiger partial charge in [-0.05, 0) is 38.0 Å². The van der Waals surface area contributed by atoms with Crippen LogP contribution in [0.2, 0.25) is 5.15 Å². The van der Waals surface area contributed by atoms with Crippen LogP contribution >= 0.6 is 11.6 Å². The molecule has 174 valence electrons. The predicted molar refractivity (Wildman–Crippen MR) is 123 cm³/mol. The lowest BCUT2D eigenvalue weighted by Crippen LogP contribution is -2.49. The number of fused-ring (bicyclic) bond motifs is 1. The van der Waals surface area contributed by atoms with Gasteiger partial charge in [0.1, 0.15) is 5.15 Å². The van der Waals surface area contributed by atoms with Gasteiger partial charge in [-0.25, -0.2) is 9.97 Å². The van der Waals surface area contributed by atoms with Crippen molar-refractivity contribution in [1.82, 2.24) is 19.9 Å². The number of aromatic nitrogens is 3. The first-order valence-corrected chi connectivity index (χ1v) is 11.4. The Morgan fingerprint density at radius 1 is 1.18 bits per heavy atom. The number of oxazole rings is 1. The Morgan fingerprint density at radius 3 is 2.67 bits per heavy atom. The normalized spacial score (nSPS) is 17.4. The van der Waals surface area contributed by atoms with Crippen molar-refractivity contribution in [3.05, 3.63) is 40.7 Å². The molecule has 10 heteroatoms. The highest BCUT2D eigenvalue weighted by atomic mass is 35.5. The molecule has 1 aliphatic carbocycles. The molecule has 1 amide bonds. The molecule has 3 aromatic rings. The van der Waals surface area contributed by atoms with Gasteiger partial charge in [0, 0.05) is 50.5 Å². The van der Waals surface area contributed by atoms with Crippen LogP contribution in [-0.2, 0) is 4.74 Å². The Bertz CT molecular complexity index is 1170. The first kappa shape index (κ1) is 21.9. The lowest BCUT2D eigenvalue weighted by molar-refractivity contribution is 0.0744. The maximum atomic E-state index is 13.0. The van der Waals surface area contributed by atoms with Crippen LogP contribution in [0.4, 0.5) is 6.01 Å². The SMILES string of the molecule is COCC1(COc2ncc(C(=O)N3CCN(c4nc5nc(Cl)ccc5o4)CC3)cc2C)CC1. The molecule has 0 spiro atoms. The van der Waals surface area contributed by atoms with Crippen LogP contribution in [0.25, 0.3) is 11.2 Å². The monoisotopic (exact) mass is 471 g/mol. The molecule has 0 aromatic carbocycles. The summed E-state index contributed by atoms with van der Waals surface area (Å²) in [5.41, 5.74) is 2.60. The Balaban J connectivity index is 1.19. The van der Waals surface area contributed by atoms with E-state index in [2.05, 4.69) is 15.0 Å². The predicted octanol–water partition coefficient (Wildman–Crippen LogP) is 3.35. The molecule has 0 atom stereocenters. The summed E-state index contributed by atoms with van der Waals surface area (Å²) in [4.78, 5) is 29.9. The molecule has 2 aliphatic rings. The van der Waals surface area contributed by atoms with E-state index < -0.39 is 0 Å². The van der Waals surface area contributed by atoms with Gasteiger partial charge in [-0.1, -0.05) is 11.6 Å². The maximum Gasteiger partial charge on any atom is 0.300 e. The van der Waals surface area contributed by atoms with Crippen LogP contribution in [-0.4, -0.2) is 72.3 Å². The standard InChI is InChI=1S/C23H26ClN5O4/c1-15-11-16(12-25-20(15)32-14-23(5-6-23)13-31-2)21(30)28-7-9-29(10-8-28)22-27-19-17(33-22)3-4-18(24)26-19/h3-4,11-12H,5-10,13-14H2,1-2H3. The van der Waals surface area contributed by atoms with Crippen LogP contribution in [0.1, 0.15) is 28.8 Å². The second-order valence-corrected chi connectivity index (χ2v) is 9.19. The summed E-state index contributed by atoms with van der Waals surface area (Å²) in [5, 5.41) is 0.375. The van der Waals surface area contributed by atoms with Gasteiger partial charge in [-0.3, -0.25) is 4.79 Å². The molecule has 0 unspecified atom stereocenters. The quantitative estimate of drug-likeness (QED) is 0.484. The summed E-state index contributed by atoms with van der Waals surface area (Å²) in [7, 11) is 1.71. The third kappa shape index (κ3) is 4.60. The topological polar surface area (TPSA) is 93.8 Å². The smallest absolute Gasteiger partial charge is 0.300 e. The molecular formula is C23H26ClN5O4. The van der Waals surface area contributed by atoms with E-state index in [-0.39, 0.29) is 11.3 Å². The molecule has 9 nitrogen and oxygen atoms in total. The number of carbonyl (C=O) groups is 1. The molecule has 0 radical (unpaired) electrons. The minimum Gasteiger partial charge on any atom is -0.477 e. The van der Waals surface area contributed by atoms with Crippen LogP contribution < -0.4 is 9.64 Å². The fourth-order valence-corrected chi connectivity index (χ4v) is 4.21. The lowest BCUT2D eigenvalue weighted by Gasteiger charge is -2.33. The van der Waals surface area contributed by atoms with E-state index >= 15 is 0 Å². The number of halogens is 1.